The van der Waals surface area contributed by atoms with Crippen LogP contribution in [0, 0.1) is 4.91 Å². The normalized spacial score (nSPS) is 22.1. The van der Waals surface area contributed by atoms with Crippen molar-refractivity contribution in [2.24, 2.45) is 5.18 Å². The summed E-state index contributed by atoms with van der Waals surface area (Å²) in [4.78, 5) is 21.4. The van der Waals surface area contributed by atoms with E-state index in [4.69, 9.17) is 14.2 Å². The van der Waals surface area contributed by atoms with Crippen molar-refractivity contribution in [1.29, 1.82) is 0 Å². The molecular weight excluding hydrogens is 532 g/mol. The Balaban J connectivity index is 0.000000951. The molecule has 1 rings (SSSR count). The third kappa shape index (κ3) is 20.5. The standard InChI is InChI=1S/C20H38N2O5.C14H28O/c1-4-6-7-8-9-10-11-12-14-25-19-17(22-24)16(15-23)27-20(18(19)21-3)26-13-5-2;1-2-3-4-5-6-7-8-9-10-11-12-13-14-15/h5,13,16-21,23H,4,6-12,14-15H2,1-3H3;14H,2-13H2,1H3/b13-5-;. The molecule has 5 unspecified atom stereocenters. The number of nitrogens with zero attached hydrogens (tertiary/aromatic N) is 1. The molecule has 1 aliphatic heterocycles. The van der Waals surface area contributed by atoms with Gasteiger partial charge in [-0.2, -0.15) is 4.91 Å². The van der Waals surface area contributed by atoms with E-state index in [1.165, 1.54) is 109 Å². The van der Waals surface area contributed by atoms with Crippen molar-refractivity contribution >= 4 is 6.29 Å². The van der Waals surface area contributed by atoms with Crippen LogP contribution in [0.2, 0.25) is 0 Å². The molecule has 8 heteroatoms. The number of allylic oxidation sites excluding steroid dienone is 1. The average Bonchev–Trinajstić information content (AvgIpc) is 3.01. The van der Waals surface area contributed by atoms with Gasteiger partial charge < -0.3 is 29.4 Å². The van der Waals surface area contributed by atoms with Crippen LogP contribution in [0.3, 0.4) is 0 Å². The lowest BCUT2D eigenvalue weighted by Gasteiger charge is -2.42. The van der Waals surface area contributed by atoms with Crippen LogP contribution in [0.4, 0.5) is 0 Å². The number of aliphatic hydroxyl groups is 1. The minimum absolute atomic E-state index is 0.305. The summed E-state index contributed by atoms with van der Waals surface area (Å²) in [6.45, 7) is 6.58. The van der Waals surface area contributed by atoms with Gasteiger partial charge in [0.15, 0.2) is 0 Å². The summed E-state index contributed by atoms with van der Waals surface area (Å²) < 4.78 is 17.3. The lowest BCUT2D eigenvalue weighted by molar-refractivity contribution is -0.231. The monoisotopic (exact) mass is 598 g/mol. The molecule has 1 saturated heterocycles. The lowest BCUT2D eigenvalue weighted by atomic mass is 9.95. The highest BCUT2D eigenvalue weighted by Crippen LogP contribution is 2.27. The second-order valence-electron chi connectivity index (χ2n) is 11.5. The van der Waals surface area contributed by atoms with Crippen molar-refractivity contribution in [2.75, 3.05) is 20.3 Å². The van der Waals surface area contributed by atoms with E-state index in [9.17, 15) is 14.8 Å². The second-order valence-corrected chi connectivity index (χ2v) is 11.5. The van der Waals surface area contributed by atoms with E-state index in [0.29, 0.717) is 6.61 Å². The van der Waals surface area contributed by atoms with E-state index in [1.807, 2.05) is 6.92 Å². The molecule has 0 spiro atoms. The summed E-state index contributed by atoms with van der Waals surface area (Å²) in [6, 6.07) is -1.12. The van der Waals surface area contributed by atoms with Gasteiger partial charge in [0.05, 0.1) is 18.9 Å². The van der Waals surface area contributed by atoms with Crippen molar-refractivity contribution < 1.29 is 24.1 Å². The number of carbonyl (C=O) groups is 1. The fourth-order valence-corrected chi connectivity index (χ4v) is 5.32. The van der Waals surface area contributed by atoms with Gasteiger partial charge in [-0.25, -0.2) is 0 Å². The molecule has 8 nitrogen and oxygen atoms in total. The number of nitroso groups, excluding NO2 is 1. The average molecular weight is 599 g/mol. The number of likely N-dealkylation sites (N-methyl/N-ethyl adjacent to an activating group) is 1. The van der Waals surface area contributed by atoms with E-state index in [2.05, 4.69) is 24.3 Å². The van der Waals surface area contributed by atoms with Gasteiger partial charge in [-0.1, -0.05) is 134 Å². The molecule has 248 valence electrons. The predicted octanol–water partition coefficient (Wildman–Crippen LogP) is 8.39. The molecule has 0 bridgehead atoms. The lowest BCUT2D eigenvalue weighted by Crippen LogP contribution is -2.63. The largest absolute Gasteiger partial charge is 0.471 e. The molecule has 42 heavy (non-hydrogen) atoms. The number of ether oxygens (including phenoxy) is 3. The van der Waals surface area contributed by atoms with Crippen LogP contribution in [0.5, 0.6) is 0 Å². The van der Waals surface area contributed by atoms with Crippen molar-refractivity contribution in [1.82, 2.24) is 5.32 Å². The van der Waals surface area contributed by atoms with Crippen LogP contribution >= 0.6 is 0 Å². The summed E-state index contributed by atoms with van der Waals surface area (Å²) in [5.41, 5.74) is 0. The Bertz CT molecular complexity index is 621. The molecule has 0 aromatic heterocycles. The fraction of sp³-hybridized carbons (Fsp3) is 0.912. The molecule has 0 amide bonds. The number of hydrogen-bond acceptors (Lipinski definition) is 8. The molecule has 1 aliphatic rings. The quantitative estimate of drug-likeness (QED) is 0.0423. The zero-order valence-electron chi connectivity index (χ0n) is 27.6. The molecule has 1 fully saturated rings. The van der Waals surface area contributed by atoms with Crippen LogP contribution in [-0.4, -0.2) is 62.2 Å². The minimum Gasteiger partial charge on any atom is -0.471 e. The molecule has 0 saturated carbocycles. The first kappa shape index (κ1) is 40.6. The van der Waals surface area contributed by atoms with Crippen molar-refractivity contribution in [3.63, 3.8) is 0 Å². The minimum atomic E-state index is -0.771. The Kier molecular flexibility index (Phi) is 30.1. The maximum absolute atomic E-state index is 11.4. The number of unbranched alkanes of at least 4 members (excludes halogenated alkanes) is 18. The zero-order valence-corrected chi connectivity index (χ0v) is 27.6. The van der Waals surface area contributed by atoms with Gasteiger partial charge in [0, 0.05) is 13.0 Å². The van der Waals surface area contributed by atoms with Crippen LogP contribution in [0.25, 0.3) is 0 Å². The molecule has 5 atom stereocenters. The third-order valence-electron chi connectivity index (χ3n) is 7.89. The van der Waals surface area contributed by atoms with E-state index < -0.39 is 24.5 Å². The van der Waals surface area contributed by atoms with Gasteiger partial charge in [0.1, 0.15) is 24.5 Å². The number of aliphatic hydroxyl groups excluding tert-OH is 1. The van der Waals surface area contributed by atoms with E-state index in [0.717, 1.165) is 32.0 Å². The fourth-order valence-electron chi connectivity index (χ4n) is 5.32. The van der Waals surface area contributed by atoms with Gasteiger partial charge in [-0.15, -0.1) is 0 Å². The first-order chi connectivity index (χ1) is 20.6. The van der Waals surface area contributed by atoms with Gasteiger partial charge in [0.2, 0.25) is 6.29 Å². The Morgan fingerprint density at radius 1 is 0.810 bits per heavy atom. The van der Waals surface area contributed by atoms with E-state index in [-0.39, 0.29) is 12.6 Å². The van der Waals surface area contributed by atoms with Crippen LogP contribution in [0.1, 0.15) is 149 Å². The number of hydrogen-bond donors (Lipinski definition) is 2. The van der Waals surface area contributed by atoms with E-state index >= 15 is 0 Å². The summed E-state index contributed by atoms with van der Waals surface area (Å²) in [6.07, 6.45) is 27.8. The van der Waals surface area contributed by atoms with Crippen molar-refractivity contribution in [2.45, 2.75) is 180 Å². The summed E-state index contributed by atoms with van der Waals surface area (Å²) in [5.74, 6) is 0. The van der Waals surface area contributed by atoms with E-state index in [1.54, 1.807) is 13.1 Å². The van der Waals surface area contributed by atoms with Crippen molar-refractivity contribution in [3.05, 3.63) is 17.2 Å². The number of carbonyl (C=O) groups excluding carboxylic acids is 1. The third-order valence-corrected chi connectivity index (χ3v) is 7.89. The smallest absolute Gasteiger partial charge is 0.217 e. The number of rotatable bonds is 27. The van der Waals surface area contributed by atoms with Gasteiger partial charge >= 0.3 is 0 Å². The Hall–Kier alpha value is -1.35. The summed E-state index contributed by atoms with van der Waals surface area (Å²) >= 11 is 0. The van der Waals surface area contributed by atoms with Crippen LogP contribution < -0.4 is 5.32 Å². The first-order valence-corrected chi connectivity index (χ1v) is 17.2. The van der Waals surface area contributed by atoms with Gasteiger partial charge in [-0.3, -0.25) is 0 Å². The van der Waals surface area contributed by atoms with Crippen molar-refractivity contribution in [3.8, 4) is 0 Å². The Labute approximate surface area is 258 Å². The Morgan fingerprint density at radius 3 is 1.74 bits per heavy atom. The molecule has 0 aromatic carbocycles. The maximum Gasteiger partial charge on any atom is 0.217 e. The summed E-state index contributed by atoms with van der Waals surface area (Å²) in [5, 5.41) is 15.9. The maximum atomic E-state index is 11.4. The number of nitrogens with one attached hydrogen (secondary N) is 1. The molecule has 1 heterocycles. The summed E-state index contributed by atoms with van der Waals surface area (Å²) in [7, 11) is 1.77. The predicted molar refractivity (Wildman–Crippen MR) is 174 cm³/mol. The van der Waals surface area contributed by atoms with Crippen LogP contribution in [-0.2, 0) is 19.0 Å². The topological polar surface area (TPSA) is 106 Å². The second kappa shape index (κ2) is 31.1. The molecule has 0 aromatic rings. The molecule has 2 N–H and O–H groups in total. The highest BCUT2D eigenvalue weighted by molar-refractivity contribution is 5.48. The molecule has 0 radical (unpaired) electrons. The van der Waals surface area contributed by atoms with Gasteiger partial charge in [-0.05, 0) is 26.8 Å². The van der Waals surface area contributed by atoms with Gasteiger partial charge in [0.25, 0.3) is 0 Å². The molecular formula is C34H66N2O6. The SMILES string of the molecule is C/C=C\OC1OC(CO)C(N=O)C(OCCCCCCCCCC)C1NC.CCCCCCCCCCCCCC=O. The van der Waals surface area contributed by atoms with Crippen LogP contribution in [0.15, 0.2) is 17.5 Å². The Morgan fingerprint density at radius 2 is 1.31 bits per heavy atom. The molecule has 0 aliphatic carbocycles. The zero-order chi connectivity index (χ0) is 31.1. The first-order valence-electron chi connectivity index (χ1n) is 17.2. The highest BCUT2D eigenvalue weighted by atomic mass is 16.7. The number of aldehydes is 1. The highest BCUT2D eigenvalue weighted by Gasteiger charge is 2.47.